The van der Waals surface area contributed by atoms with E-state index in [1.165, 1.54) is 11.1 Å². The maximum Gasteiger partial charge on any atom is 0.309 e. The topological polar surface area (TPSA) is 73.1 Å². The number of nitrogens with one attached hydrogen (secondary N) is 1. The van der Waals surface area contributed by atoms with Crippen LogP contribution in [0.1, 0.15) is 67.0 Å². The predicted octanol–water partition coefficient (Wildman–Crippen LogP) is 5.11. The van der Waals surface area contributed by atoms with Gasteiger partial charge in [0.05, 0.1) is 23.1 Å². The summed E-state index contributed by atoms with van der Waals surface area (Å²) in [6.07, 6.45) is 3.07. The molecule has 1 aliphatic carbocycles. The van der Waals surface area contributed by atoms with Crippen molar-refractivity contribution in [1.82, 2.24) is 0 Å². The highest BCUT2D eigenvalue weighted by Gasteiger charge is 2.50. The SMILES string of the molecule is Cc1cc(C#N)cc2c1NC(c1cccc(CC3(C(=O)O)CC3)c1)CC2(C)C. The van der Waals surface area contributed by atoms with E-state index in [4.69, 9.17) is 0 Å². The lowest BCUT2D eigenvalue weighted by atomic mass is 9.73. The summed E-state index contributed by atoms with van der Waals surface area (Å²) >= 11 is 0. The quantitative estimate of drug-likeness (QED) is 0.780. The summed E-state index contributed by atoms with van der Waals surface area (Å²) in [7, 11) is 0. The van der Waals surface area contributed by atoms with E-state index < -0.39 is 11.4 Å². The maximum absolute atomic E-state index is 11.6. The lowest BCUT2D eigenvalue weighted by molar-refractivity contribution is -0.143. The van der Waals surface area contributed by atoms with Crippen LogP contribution in [0.5, 0.6) is 0 Å². The molecule has 1 aliphatic heterocycles. The smallest absolute Gasteiger partial charge is 0.309 e. The molecule has 2 N–H and O–H groups in total. The lowest BCUT2D eigenvalue weighted by Crippen LogP contribution is -2.32. The second kappa shape index (κ2) is 6.38. The van der Waals surface area contributed by atoms with E-state index >= 15 is 0 Å². The van der Waals surface area contributed by atoms with Crippen molar-refractivity contribution in [2.24, 2.45) is 5.41 Å². The Balaban J connectivity index is 1.66. The second-order valence-corrected chi connectivity index (χ2v) is 9.12. The van der Waals surface area contributed by atoms with Crippen molar-refractivity contribution in [3.8, 4) is 6.07 Å². The summed E-state index contributed by atoms with van der Waals surface area (Å²) in [4.78, 5) is 11.6. The van der Waals surface area contributed by atoms with Gasteiger partial charge in [-0.1, -0.05) is 38.1 Å². The van der Waals surface area contributed by atoms with Gasteiger partial charge in [-0.25, -0.2) is 0 Å². The molecule has 2 aromatic rings. The normalized spacial score (nSPS) is 21.1. The molecule has 4 heteroatoms. The molecule has 4 rings (SSSR count). The molecule has 2 aromatic carbocycles. The Morgan fingerprint density at radius 2 is 2.04 bits per heavy atom. The molecule has 0 amide bonds. The van der Waals surface area contributed by atoms with Crippen LogP contribution in [0.15, 0.2) is 36.4 Å². The van der Waals surface area contributed by atoms with Crippen LogP contribution in [0.4, 0.5) is 5.69 Å². The van der Waals surface area contributed by atoms with Crippen molar-refractivity contribution in [2.75, 3.05) is 5.32 Å². The van der Waals surface area contributed by atoms with Gasteiger partial charge in [0, 0.05) is 5.69 Å². The fraction of sp³-hybridized carbons (Fsp3) is 0.417. The Morgan fingerprint density at radius 1 is 1.29 bits per heavy atom. The Bertz CT molecular complexity index is 996. The minimum Gasteiger partial charge on any atom is -0.481 e. The van der Waals surface area contributed by atoms with E-state index in [1.807, 2.05) is 31.2 Å². The van der Waals surface area contributed by atoms with Gasteiger partial charge >= 0.3 is 5.97 Å². The first-order valence-electron chi connectivity index (χ1n) is 9.88. The van der Waals surface area contributed by atoms with Crippen LogP contribution in [0, 0.1) is 23.7 Å². The van der Waals surface area contributed by atoms with Crippen molar-refractivity contribution in [1.29, 1.82) is 5.26 Å². The average Bonchev–Trinajstić information content (AvgIpc) is 3.43. The molecule has 0 spiro atoms. The molecule has 28 heavy (non-hydrogen) atoms. The van der Waals surface area contributed by atoms with Crippen LogP contribution in [0.3, 0.4) is 0 Å². The van der Waals surface area contributed by atoms with Crippen LogP contribution < -0.4 is 5.32 Å². The largest absolute Gasteiger partial charge is 0.481 e. The zero-order valence-corrected chi connectivity index (χ0v) is 16.7. The predicted molar refractivity (Wildman–Crippen MR) is 109 cm³/mol. The van der Waals surface area contributed by atoms with E-state index in [9.17, 15) is 15.2 Å². The zero-order valence-electron chi connectivity index (χ0n) is 16.7. The van der Waals surface area contributed by atoms with Crippen molar-refractivity contribution in [2.45, 2.75) is 57.9 Å². The summed E-state index contributed by atoms with van der Waals surface area (Å²) in [5, 5.41) is 22.5. The Labute approximate surface area is 166 Å². The van der Waals surface area contributed by atoms with Crippen LogP contribution in [0.25, 0.3) is 0 Å². The molecule has 0 radical (unpaired) electrons. The summed E-state index contributed by atoms with van der Waals surface area (Å²) in [6, 6.07) is 14.7. The van der Waals surface area contributed by atoms with Crippen LogP contribution >= 0.6 is 0 Å². The number of aliphatic carboxylic acids is 1. The van der Waals surface area contributed by atoms with Crippen LogP contribution in [0.2, 0.25) is 0 Å². The van der Waals surface area contributed by atoms with Crippen molar-refractivity contribution in [3.05, 3.63) is 64.2 Å². The Hall–Kier alpha value is -2.80. The van der Waals surface area contributed by atoms with Gasteiger partial charge in [-0.15, -0.1) is 0 Å². The zero-order chi connectivity index (χ0) is 20.1. The number of carboxylic acids is 1. The highest BCUT2D eigenvalue weighted by Crippen LogP contribution is 2.49. The molecule has 1 heterocycles. The minimum atomic E-state index is -0.673. The lowest BCUT2D eigenvalue weighted by Gasteiger charge is -2.40. The van der Waals surface area contributed by atoms with Crippen molar-refractivity contribution < 1.29 is 9.90 Å². The van der Waals surface area contributed by atoms with Gasteiger partial charge in [-0.3, -0.25) is 4.79 Å². The van der Waals surface area contributed by atoms with Crippen molar-refractivity contribution >= 4 is 11.7 Å². The molecular weight excluding hydrogens is 348 g/mol. The van der Waals surface area contributed by atoms with E-state index in [1.54, 1.807) is 0 Å². The third-order valence-electron chi connectivity index (χ3n) is 6.43. The van der Waals surface area contributed by atoms with E-state index in [-0.39, 0.29) is 11.5 Å². The first-order chi connectivity index (χ1) is 13.2. The number of hydrogen-bond donors (Lipinski definition) is 2. The summed E-state index contributed by atoms with van der Waals surface area (Å²) in [5.74, 6) is -0.673. The standard InChI is InChI=1S/C24H26N2O2/c1-15-9-17(14-25)11-19-21(15)26-20(13-23(19,2)3)18-6-4-5-16(10-18)12-24(7-8-24)22(27)28/h4-6,9-11,20,26H,7-8,12-13H2,1-3H3,(H,27,28). The minimum absolute atomic E-state index is 0.0579. The highest BCUT2D eigenvalue weighted by molar-refractivity contribution is 5.78. The monoisotopic (exact) mass is 374 g/mol. The molecule has 1 atom stereocenters. The van der Waals surface area contributed by atoms with Crippen molar-refractivity contribution in [3.63, 3.8) is 0 Å². The fourth-order valence-electron chi connectivity index (χ4n) is 4.55. The van der Waals surface area contributed by atoms with Gasteiger partial charge in [0.25, 0.3) is 0 Å². The number of nitrogens with zero attached hydrogens (tertiary/aromatic N) is 1. The molecule has 1 saturated carbocycles. The molecule has 0 aromatic heterocycles. The third kappa shape index (κ3) is 3.16. The van der Waals surface area contributed by atoms with E-state index in [2.05, 4.69) is 37.4 Å². The highest BCUT2D eigenvalue weighted by atomic mass is 16.4. The molecule has 2 aliphatic rings. The summed E-state index contributed by atoms with van der Waals surface area (Å²) < 4.78 is 0. The van der Waals surface area contributed by atoms with Gasteiger partial charge in [-0.05, 0) is 72.4 Å². The molecule has 144 valence electrons. The van der Waals surface area contributed by atoms with Crippen LogP contribution in [-0.4, -0.2) is 11.1 Å². The number of nitriles is 1. The van der Waals surface area contributed by atoms with Gasteiger partial charge in [0.15, 0.2) is 0 Å². The van der Waals surface area contributed by atoms with Gasteiger partial charge < -0.3 is 10.4 Å². The van der Waals surface area contributed by atoms with Gasteiger partial charge in [0.2, 0.25) is 0 Å². The first-order valence-corrected chi connectivity index (χ1v) is 9.88. The Morgan fingerprint density at radius 3 is 2.68 bits per heavy atom. The fourth-order valence-corrected chi connectivity index (χ4v) is 4.55. The third-order valence-corrected chi connectivity index (χ3v) is 6.43. The van der Waals surface area contributed by atoms with Gasteiger partial charge in [-0.2, -0.15) is 5.26 Å². The average molecular weight is 374 g/mol. The molecule has 1 fully saturated rings. The number of rotatable bonds is 4. The second-order valence-electron chi connectivity index (χ2n) is 9.12. The number of anilines is 1. The molecular formula is C24H26N2O2. The van der Waals surface area contributed by atoms with Crippen LogP contribution in [-0.2, 0) is 16.6 Å². The van der Waals surface area contributed by atoms with E-state index in [0.29, 0.717) is 12.0 Å². The number of carbonyl (C=O) groups is 1. The number of carboxylic acid groups (broad SMARTS) is 1. The number of fused-ring (bicyclic) bond motifs is 1. The number of aryl methyl sites for hydroxylation is 1. The Kier molecular flexibility index (Phi) is 4.23. The molecule has 0 bridgehead atoms. The van der Waals surface area contributed by atoms with Gasteiger partial charge in [0.1, 0.15) is 0 Å². The first kappa shape index (κ1) is 18.6. The molecule has 4 nitrogen and oxygen atoms in total. The molecule has 0 saturated heterocycles. The maximum atomic E-state index is 11.6. The summed E-state index contributed by atoms with van der Waals surface area (Å²) in [5.41, 5.74) is 5.79. The number of hydrogen-bond acceptors (Lipinski definition) is 3. The van der Waals surface area contributed by atoms with E-state index in [0.717, 1.165) is 36.1 Å². The summed E-state index contributed by atoms with van der Waals surface area (Å²) in [6.45, 7) is 6.51. The number of benzene rings is 2. The molecule has 1 unspecified atom stereocenters.